The summed E-state index contributed by atoms with van der Waals surface area (Å²) in [6.07, 6.45) is 2.75. The number of para-hydroxylation sites is 1. The van der Waals surface area contributed by atoms with Crippen molar-refractivity contribution in [2.75, 3.05) is 19.6 Å². The van der Waals surface area contributed by atoms with E-state index in [0.717, 1.165) is 5.92 Å². The fraction of sp³-hybridized carbons (Fsp3) is 0.500. The van der Waals surface area contributed by atoms with E-state index in [1.807, 2.05) is 11.3 Å². The van der Waals surface area contributed by atoms with Gasteiger partial charge in [0, 0.05) is 12.5 Å². The van der Waals surface area contributed by atoms with Crippen molar-refractivity contribution < 1.29 is 0 Å². The molecule has 3 aliphatic heterocycles. The monoisotopic (exact) mass is 244 g/mol. The molecular weight excluding hydrogens is 228 g/mol. The first-order chi connectivity index (χ1) is 8.40. The highest BCUT2D eigenvalue weighted by Crippen LogP contribution is 2.41. The Labute approximate surface area is 105 Å². The maximum Gasteiger partial charge on any atom is 0.0985 e. The highest BCUT2D eigenvalue weighted by Gasteiger charge is 2.36. The van der Waals surface area contributed by atoms with Crippen LogP contribution in [0, 0.1) is 5.92 Å². The van der Waals surface area contributed by atoms with Crippen LogP contribution in [0.3, 0.4) is 0 Å². The van der Waals surface area contributed by atoms with E-state index >= 15 is 0 Å². The van der Waals surface area contributed by atoms with Gasteiger partial charge in [-0.05, 0) is 44.0 Å². The van der Waals surface area contributed by atoms with Crippen LogP contribution in [0.2, 0.25) is 0 Å². The minimum Gasteiger partial charge on any atom is -0.303 e. The van der Waals surface area contributed by atoms with Crippen LogP contribution in [0.4, 0.5) is 0 Å². The molecule has 1 atom stereocenters. The molecule has 0 unspecified atom stereocenters. The lowest BCUT2D eigenvalue weighted by molar-refractivity contribution is 0.0871. The summed E-state index contributed by atoms with van der Waals surface area (Å²) in [7, 11) is 0. The number of fused-ring (bicyclic) bond motifs is 4. The summed E-state index contributed by atoms with van der Waals surface area (Å²) >= 11 is 1.91. The Morgan fingerprint density at radius 3 is 2.71 bits per heavy atom. The first-order valence-electron chi connectivity index (χ1n) is 6.48. The van der Waals surface area contributed by atoms with Crippen molar-refractivity contribution in [3.05, 3.63) is 29.3 Å². The maximum absolute atomic E-state index is 4.85. The van der Waals surface area contributed by atoms with Gasteiger partial charge in [0.25, 0.3) is 0 Å². The van der Waals surface area contributed by atoms with Gasteiger partial charge in [0.2, 0.25) is 0 Å². The van der Waals surface area contributed by atoms with Crippen LogP contribution in [0.15, 0.2) is 24.3 Å². The molecule has 0 aliphatic carbocycles. The number of hydrogen-bond donors (Lipinski definition) is 0. The summed E-state index contributed by atoms with van der Waals surface area (Å²) in [6, 6.07) is 8.53. The van der Waals surface area contributed by atoms with Crippen LogP contribution in [0.25, 0.3) is 10.2 Å². The summed E-state index contributed by atoms with van der Waals surface area (Å²) in [4.78, 5) is 7.45. The number of aromatic nitrogens is 1. The van der Waals surface area contributed by atoms with Gasteiger partial charge in [0.05, 0.1) is 15.2 Å². The topological polar surface area (TPSA) is 16.1 Å². The van der Waals surface area contributed by atoms with Crippen LogP contribution in [0.5, 0.6) is 0 Å². The summed E-state index contributed by atoms with van der Waals surface area (Å²) in [5.74, 6) is 1.59. The predicted octanol–water partition coefficient (Wildman–Crippen LogP) is 3.11. The fourth-order valence-corrected chi connectivity index (χ4v) is 4.45. The molecule has 3 heteroatoms. The molecule has 3 saturated heterocycles. The van der Waals surface area contributed by atoms with Crippen molar-refractivity contribution >= 4 is 21.6 Å². The summed E-state index contributed by atoms with van der Waals surface area (Å²) in [6.45, 7) is 3.86. The van der Waals surface area contributed by atoms with Gasteiger partial charge in [-0.15, -0.1) is 11.3 Å². The third kappa shape index (κ3) is 1.60. The fourth-order valence-electron chi connectivity index (χ4n) is 3.29. The SMILES string of the molecule is c1ccc2sc([C@H]3CN4CCC3CC4)nc2c1. The van der Waals surface area contributed by atoms with Crippen molar-refractivity contribution in [2.45, 2.75) is 18.8 Å². The molecule has 2 aromatic rings. The van der Waals surface area contributed by atoms with E-state index in [2.05, 4.69) is 29.2 Å². The Balaban J connectivity index is 1.74. The van der Waals surface area contributed by atoms with Crippen LogP contribution >= 0.6 is 11.3 Å². The number of hydrogen-bond acceptors (Lipinski definition) is 3. The Kier molecular flexibility index (Phi) is 2.24. The van der Waals surface area contributed by atoms with Gasteiger partial charge in [-0.1, -0.05) is 12.1 Å². The molecule has 4 heterocycles. The standard InChI is InChI=1S/C14H16N2S/c1-2-4-13-12(3-1)15-14(17-13)11-9-16-7-5-10(11)6-8-16/h1-4,10-11H,5-9H2/t11-/m0/s1. The molecule has 0 N–H and O–H groups in total. The number of piperidine rings is 3. The van der Waals surface area contributed by atoms with Gasteiger partial charge in [-0.3, -0.25) is 0 Å². The highest BCUT2D eigenvalue weighted by molar-refractivity contribution is 7.18. The van der Waals surface area contributed by atoms with Crippen LogP contribution in [-0.4, -0.2) is 29.5 Å². The molecule has 2 bridgehead atoms. The van der Waals surface area contributed by atoms with E-state index in [1.165, 1.54) is 47.7 Å². The van der Waals surface area contributed by atoms with Crippen molar-refractivity contribution in [2.24, 2.45) is 5.92 Å². The van der Waals surface area contributed by atoms with Crippen molar-refractivity contribution in [1.82, 2.24) is 9.88 Å². The largest absolute Gasteiger partial charge is 0.303 e. The Bertz CT molecular complexity index is 507. The molecule has 2 nitrogen and oxygen atoms in total. The van der Waals surface area contributed by atoms with Gasteiger partial charge in [0.1, 0.15) is 0 Å². The molecule has 88 valence electrons. The molecule has 0 saturated carbocycles. The number of thiazole rings is 1. The number of rotatable bonds is 1. The zero-order valence-electron chi connectivity index (χ0n) is 9.80. The molecule has 5 rings (SSSR count). The minimum atomic E-state index is 0.704. The molecule has 1 aromatic carbocycles. The average molecular weight is 244 g/mol. The van der Waals surface area contributed by atoms with Crippen LogP contribution < -0.4 is 0 Å². The van der Waals surface area contributed by atoms with Gasteiger partial charge in [-0.2, -0.15) is 0 Å². The molecular formula is C14H16N2S. The summed E-state index contributed by atoms with van der Waals surface area (Å²) in [5, 5.41) is 1.38. The van der Waals surface area contributed by atoms with Gasteiger partial charge in [-0.25, -0.2) is 4.98 Å². The second-order valence-corrected chi connectivity index (χ2v) is 6.33. The third-order valence-corrected chi connectivity index (χ3v) is 5.45. The highest BCUT2D eigenvalue weighted by atomic mass is 32.1. The minimum absolute atomic E-state index is 0.704. The summed E-state index contributed by atoms with van der Waals surface area (Å²) < 4.78 is 1.35. The van der Waals surface area contributed by atoms with E-state index in [4.69, 9.17) is 4.98 Å². The number of benzene rings is 1. The molecule has 0 amide bonds. The van der Waals surface area contributed by atoms with Crippen LogP contribution in [-0.2, 0) is 0 Å². The van der Waals surface area contributed by atoms with Crippen LogP contribution in [0.1, 0.15) is 23.8 Å². The van der Waals surface area contributed by atoms with E-state index in [1.54, 1.807) is 0 Å². The second kappa shape index (κ2) is 3.79. The zero-order valence-corrected chi connectivity index (χ0v) is 10.6. The maximum atomic E-state index is 4.85. The number of nitrogens with zero attached hydrogens (tertiary/aromatic N) is 2. The van der Waals surface area contributed by atoms with E-state index in [-0.39, 0.29) is 0 Å². The molecule has 0 spiro atoms. The molecule has 3 fully saturated rings. The quantitative estimate of drug-likeness (QED) is 0.766. The lowest BCUT2D eigenvalue weighted by Crippen LogP contribution is -2.46. The van der Waals surface area contributed by atoms with E-state index in [0.29, 0.717) is 5.92 Å². The Morgan fingerprint density at radius 1 is 1.18 bits per heavy atom. The average Bonchev–Trinajstić information content (AvgIpc) is 2.83. The normalized spacial score (nSPS) is 32.1. The summed E-state index contributed by atoms with van der Waals surface area (Å²) in [5.41, 5.74) is 1.18. The van der Waals surface area contributed by atoms with Gasteiger partial charge in [0.15, 0.2) is 0 Å². The third-order valence-electron chi connectivity index (χ3n) is 4.28. The van der Waals surface area contributed by atoms with Gasteiger partial charge >= 0.3 is 0 Å². The lowest BCUT2D eigenvalue weighted by atomic mass is 9.79. The van der Waals surface area contributed by atoms with E-state index in [9.17, 15) is 0 Å². The lowest BCUT2D eigenvalue weighted by Gasteiger charge is -2.44. The van der Waals surface area contributed by atoms with E-state index < -0.39 is 0 Å². The first kappa shape index (κ1) is 10.0. The molecule has 1 aromatic heterocycles. The molecule has 0 radical (unpaired) electrons. The predicted molar refractivity (Wildman–Crippen MR) is 71.5 cm³/mol. The molecule has 17 heavy (non-hydrogen) atoms. The Hall–Kier alpha value is -0.930. The first-order valence-corrected chi connectivity index (χ1v) is 7.29. The smallest absolute Gasteiger partial charge is 0.0985 e. The zero-order chi connectivity index (χ0) is 11.2. The second-order valence-electron chi connectivity index (χ2n) is 5.26. The van der Waals surface area contributed by atoms with Gasteiger partial charge < -0.3 is 4.90 Å². The van der Waals surface area contributed by atoms with Crippen molar-refractivity contribution in [3.63, 3.8) is 0 Å². The van der Waals surface area contributed by atoms with Crippen molar-refractivity contribution in [1.29, 1.82) is 0 Å². The molecule has 3 aliphatic rings. The Morgan fingerprint density at radius 2 is 2.00 bits per heavy atom. The van der Waals surface area contributed by atoms with Crippen molar-refractivity contribution in [3.8, 4) is 0 Å².